The number of carbonyl (C=O) groups excluding carboxylic acids is 1. The SMILES string of the molecule is CCc1cccc2c(CCNC(=O)CCl)c[nH]c12. The molecule has 1 heterocycles. The second-order valence-electron chi connectivity index (χ2n) is 4.24. The maximum absolute atomic E-state index is 11.1. The minimum absolute atomic E-state index is 0.0217. The number of fused-ring (bicyclic) bond motifs is 1. The van der Waals surface area contributed by atoms with Crippen LogP contribution in [0.2, 0.25) is 0 Å². The molecule has 0 radical (unpaired) electrons. The third kappa shape index (κ3) is 2.67. The number of nitrogens with one attached hydrogen (secondary N) is 2. The van der Waals surface area contributed by atoms with Crippen molar-refractivity contribution in [3.63, 3.8) is 0 Å². The molecule has 1 aromatic carbocycles. The van der Waals surface area contributed by atoms with E-state index in [9.17, 15) is 4.79 Å². The lowest BCUT2D eigenvalue weighted by Crippen LogP contribution is -2.26. The second-order valence-corrected chi connectivity index (χ2v) is 4.51. The van der Waals surface area contributed by atoms with Gasteiger partial charge in [0.2, 0.25) is 5.91 Å². The third-order valence-corrected chi connectivity index (χ3v) is 3.35. The summed E-state index contributed by atoms with van der Waals surface area (Å²) in [4.78, 5) is 14.4. The zero-order chi connectivity index (χ0) is 13.0. The molecule has 0 atom stereocenters. The summed E-state index contributed by atoms with van der Waals surface area (Å²) in [6.45, 7) is 2.77. The van der Waals surface area contributed by atoms with E-state index in [-0.39, 0.29) is 11.8 Å². The lowest BCUT2D eigenvalue weighted by Gasteiger charge is -2.03. The van der Waals surface area contributed by atoms with Gasteiger partial charge < -0.3 is 10.3 Å². The molecule has 4 heteroatoms. The van der Waals surface area contributed by atoms with Gasteiger partial charge in [-0.2, -0.15) is 0 Å². The van der Waals surface area contributed by atoms with Gasteiger partial charge in [-0.1, -0.05) is 25.1 Å². The van der Waals surface area contributed by atoms with Crippen molar-refractivity contribution < 1.29 is 4.79 Å². The Morgan fingerprint density at radius 1 is 1.39 bits per heavy atom. The van der Waals surface area contributed by atoms with E-state index in [4.69, 9.17) is 11.6 Å². The molecule has 0 saturated carbocycles. The number of aryl methyl sites for hydroxylation is 1. The summed E-state index contributed by atoms with van der Waals surface area (Å²) < 4.78 is 0. The van der Waals surface area contributed by atoms with Gasteiger partial charge >= 0.3 is 0 Å². The van der Waals surface area contributed by atoms with E-state index in [2.05, 4.69) is 35.4 Å². The average molecular weight is 265 g/mol. The van der Waals surface area contributed by atoms with Gasteiger partial charge in [-0.05, 0) is 24.0 Å². The number of halogens is 1. The average Bonchev–Trinajstić information content (AvgIpc) is 2.82. The Bertz CT molecular complexity index is 548. The first-order valence-corrected chi connectivity index (χ1v) is 6.70. The highest BCUT2D eigenvalue weighted by Crippen LogP contribution is 2.22. The van der Waals surface area contributed by atoms with Crippen LogP contribution in [0.1, 0.15) is 18.1 Å². The van der Waals surface area contributed by atoms with Gasteiger partial charge in [0.05, 0.1) is 0 Å². The fraction of sp³-hybridized carbons (Fsp3) is 0.357. The van der Waals surface area contributed by atoms with Gasteiger partial charge in [-0.3, -0.25) is 4.79 Å². The number of aromatic nitrogens is 1. The molecule has 18 heavy (non-hydrogen) atoms. The Kier molecular flexibility index (Phi) is 4.26. The number of carbonyl (C=O) groups is 1. The Hall–Kier alpha value is -1.48. The quantitative estimate of drug-likeness (QED) is 0.801. The summed E-state index contributed by atoms with van der Waals surface area (Å²) in [5.41, 5.74) is 3.76. The molecule has 2 aromatic rings. The molecule has 1 amide bonds. The van der Waals surface area contributed by atoms with Crippen molar-refractivity contribution in [2.45, 2.75) is 19.8 Å². The van der Waals surface area contributed by atoms with Crippen molar-refractivity contribution in [2.24, 2.45) is 0 Å². The molecule has 0 bridgehead atoms. The van der Waals surface area contributed by atoms with E-state index in [0.717, 1.165) is 12.8 Å². The molecular formula is C14H17ClN2O. The van der Waals surface area contributed by atoms with Crippen LogP contribution in [-0.4, -0.2) is 23.3 Å². The van der Waals surface area contributed by atoms with Crippen LogP contribution in [0.4, 0.5) is 0 Å². The summed E-state index contributed by atoms with van der Waals surface area (Å²) in [6, 6.07) is 6.33. The molecule has 1 aromatic heterocycles. The molecule has 0 spiro atoms. The number of alkyl halides is 1. The van der Waals surface area contributed by atoms with Gasteiger partial charge in [0.1, 0.15) is 5.88 Å². The Morgan fingerprint density at radius 2 is 2.22 bits per heavy atom. The van der Waals surface area contributed by atoms with Crippen molar-refractivity contribution >= 4 is 28.4 Å². The number of rotatable bonds is 5. The van der Waals surface area contributed by atoms with Crippen molar-refractivity contribution in [3.05, 3.63) is 35.5 Å². The lowest BCUT2D eigenvalue weighted by molar-refractivity contribution is -0.118. The minimum atomic E-state index is -0.120. The van der Waals surface area contributed by atoms with E-state index in [1.54, 1.807) is 0 Å². The molecule has 0 unspecified atom stereocenters. The zero-order valence-corrected chi connectivity index (χ0v) is 11.2. The van der Waals surface area contributed by atoms with Crippen LogP contribution < -0.4 is 5.32 Å². The first kappa shape index (κ1) is 13.0. The second kappa shape index (κ2) is 5.91. The molecule has 96 valence electrons. The molecule has 2 N–H and O–H groups in total. The summed E-state index contributed by atoms with van der Waals surface area (Å²) in [5, 5.41) is 4.02. The van der Waals surface area contributed by atoms with E-state index in [1.807, 2.05) is 6.20 Å². The molecule has 0 fully saturated rings. The van der Waals surface area contributed by atoms with E-state index in [1.165, 1.54) is 22.0 Å². The molecule has 0 aliphatic heterocycles. The molecule has 2 rings (SSSR count). The topological polar surface area (TPSA) is 44.9 Å². The molecule has 0 saturated heterocycles. The van der Waals surface area contributed by atoms with Crippen LogP contribution in [0.3, 0.4) is 0 Å². The molecule has 3 nitrogen and oxygen atoms in total. The lowest BCUT2D eigenvalue weighted by atomic mass is 10.1. The van der Waals surface area contributed by atoms with Crippen LogP contribution in [0.5, 0.6) is 0 Å². The van der Waals surface area contributed by atoms with Crippen molar-refractivity contribution in [1.82, 2.24) is 10.3 Å². The fourth-order valence-corrected chi connectivity index (χ4v) is 2.26. The molecule has 0 aliphatic rings. The summed E-state index contributed by atoms with van der Waals surface area (Å²) >= 11 is 5.43. The van der Waals surface area contributed by atoms with Gasteiger partial charge in [0.25, 0.3) is 0 Å². The van der Waals surface area contributed by atoms with Crippen LogP contribution >= 0.6 is 11.6 Å². The normalized spacial score (nSPS) is 10.8. The number of amides is 1. The van der Waals surface area contributed by atoms with E-state index in [0.29, 0.717) is 6.54 Å². The number of aromatic amines is 1. The number of H-pyrrole nitrogens is 1. The van der Waals surface area contributed by atoms with Crippen molar-refractivity contribution in [1.29, 1.82) is 0 Å². The summed E-state index contributed by atoms with van der Waals surface area (Å²) in [5.74, 6) is -0.0980. The van der Waals surface area contributed by atoms with Crippen LogP contribution in [0, 0.1) is 0 Å². The zero-order valence-electron chi connectivity index (χ0n) is 10.4. The highest BCUT2D eigenvalue weighted by Gasteiger charge is 2.06. The molecule has 0 aliphatic carbocycles. The van der Waals surface area contributed by atoms with Crippen LogP contribution in [0.25, 0.3) is 10.9 Å². The number of hydrogen-bond donors (Lipinski definition) is 2. The highest BCUT2D eigenvalue weighted by atomic mass is 35.5. The van der Waals surface area contributed by atoms with Crippen LogP contribution in [0.15, 0.2) is 24.4 Å². The predicted molar refractivity (Wildman–Crippen MR) is 75.1 cm³/mol. The maximum atomic E-state index is 11.1. The monoisotopic (exact) mass is 264 g/mol. The van der Waals surface area contributed by atoms with Gasteiger partial charge in [-0.25, -0.2) is 0 Å². The van der Waals surface area contributed by atoms with Gasteiger partial charge in [0, 0.05) is 23.6 Å². The maximum Gasteiger partial charge on any atom is 0.234 e. The first-order chi connectivity index (χ1) is 8.76. The summed E-state index contributed by atoms with van der Waals surface area (Å²) in [7, 11) is 0. The fourth-order valence-electron chi connectivity index (χ4n) is 2.16. The first-order valence-electron chi connectivity index (χ1n) is 6.16. The highest BCUT2D eigenvalue weighted by molar-refractivity contribution is 6.27. The Labute approximate surface area is 112 Å². The van der Waals surface area contributed by atoms with E-state index < -0.39 is 0 Å². The van der Waals surface area contributed by atoms with E-state index >= 15 is 0 Å². The minimum Gasteiger partial charge on any atom is -0.361 e. The Morgan fingerprint density at radius 3 is 2.94 bits per heavy atom. The van der Waals surface area contributed by atoms with Gasteiger partial charge in [0.15, 0.2) is 0 Å². The smallest absolute Gasteiger partial charge is 0.234 e. The van der Waals surface area contributed by atoms with Crippen LogP contribution in [-0.2, 0) is 17.6 Å². The van der Waals surface area contributed by atoms with Crippen molar-refractivity contribution in [2.75, 3.05) is 12.4 Å². The molecular weight excluding hydrogens is 248 g/mol. The number of hydrogen-bond acceptors (Lipinski definition) is 1. The van der Waals surface area contributed by atoms with Crippen molar-refractivity contribution in [3.8, 4) is 0 Å². The predicted octanol–water partition coefficient (Wildman–Crippen LogP) is 2.63. The largest absolute Gasteiger partial charge is 0.361 e. The number of benzene rings is 1. The van der Waals surface area contributed by atoms with Gasteiger partial charge in [-0.15, -0.1) is 11.6 Å². The Balaban J connectivity index is 2.12. The summed E-state index contributed by atoms with van der Waals surface area (Å²) in [6.07, 6.45) is 3.85. The standard InChI is InChI=1S/C14H17ClN2O/c1-2-10-4-3-5-12-11(9-17-14(10)12)6-7-16-13(18)8-15/h3-5,9,17H,2,6-8H2,1H3,(H,16,18). The third-order valence-electron chi connectivity index (χ3n) is 3.11. The number of para-hydroxylation sites is 1.